The number of hydrogen-bond donors (Lipinski definition) is 0. The number of guanidine groups is 1. The first-order valence-electron chi connectivity index (χ1n) is 6.66. The zero-order chi connectivity index (χ0) is 13.6. The summed E-state index contributed by atoms with van der Waals surface area (Å²) in [5, 5.41) is 0.769. The average molecular weight is 343 g/mol. The van der Waals surface area contributed by atoms with E-state index in [0.29, 0.717) is 6.04 Å². The van der Waals surface area contributed by atoms with Crippen molar-refractivity contribution in [2.75, 3.05) is 24.5 Å². The Morgan fingerprint density at radius 1 is 1.47 bits per heavy atom. The Bertz CT molecular complexity index is 520. The molecule has 1 atom stereocenters. The van der Waals surface area contributed by atoms with E-state index in [1.807, 2.05) is 12.1 Å². The van der Waals surface area contributed by atoms with Crippen molar-refractivity contribution in [1.29, 1.82) is 0 Å². The molecule has 2 heterocycles. The Kier molecular flexibility index (Phi) is 3.48. The van der Waals surface area contributed by atoms with Gasteiger partial charge in [0.05, 0.1) is 18.3 Å². The zero-order valence-electron chi connectivity index (χ0n) is 11.2. The molecule has 0 radical (unpaired) electrons. The molecule has 3 nitrogen and oxygen atoms in total. The second-order valence-electron chi connectivity index (χ2n) is 5.11. The van der Waals surface area contributed by atoms with Crippen molar-refractivity contribution in [3.63, 3.8) is 0 Å². The molecule has 19 heavy (non-hydrogen) atoms. The molecule has 0 saturated carbocycles. The Labute approximate surface area is 127 Å². The van der Waals surface area contributed by atoms with Gasteiger partial charge in [-0.2, -0.15) is 0 Å². The van der Waals surface area contributed by atoms with Gasteiger partial charge in [-0.15, -0.1) is 0 Å². The van der Waals surface area contributed by atoms with Crippen LogP contribution in [0.25, 0.3) is 0 Å². The predicted molar refractivity (Wildman–Crippen MR) is 84.3 cm³/mol. The Hall–Kier alpha value is -0.740. The molecule has 5 heteroatoms. The summed E-state index contributed by atoms with van der Waals surface area (Å²) < 4.78 is 1.05. The van der Waals surface area contributed by atoms with Crippen LogP contribution in [-0.4, -0.2) is 36.5 Å². The van der Waals surface area contributed by atoms with Crippen LogP contribution in [0.15, 0.2) is 21.6 Å². The summed E-state index contributed by atoms with van der Waals surface area (Å²) in [6, 6.07) is 4.48. The van der Waals surface area contributed by atoms with Gasteiger partial charge >= 0.3 is 0 Å². The molecule has 1 aromatic rings. The average Bonchev–Trinajstić information content (AvgIpc) is 2.89. The minimum atomic E-state index is 0.496. The van der Waals surface area contributed by atoms with E-state index >= 15 is 0 Å². The lowest BCUT2D eigenvalue weighted by Gasteiger charge is -2.27. The summed E-state index contributed by atoms with van der Waals surface area (Å²) >= 11 is 9.78. The van der Waals surface area contributed by atoms with E-state index < -0.39 is 0 Å². The molecule has 2 aliphatic heterocycles. The third-order valence-corrected chi connectivity index (χ3v) is 4.67. The van der Waals surface area contributed by atoms with E-state index in [0.717, 1.165) is 41.5 Å². The van der Waals surface area contributed by atoms with Crippen molar-refractivity contribution in [3.8, 4) is 0 Å². The van der Waals surface area contributed by atoms with Crippen LogP contribution in [0.1, 0.15) is 18.9 Å². The standard InChI is InChI=1S/C14H17BrClN3/c1-3-11-8-18-5-4-17-14(18)19(11)13-9(2)6-10(16)7-12(13)15/h6-7,11H,3-5,8H2,1-2H3. The number of aliphatic imine (C=N–C) groups is 1. The second-order valence-corrected chi connectivity index (χ2v) is 6.40. The number of benzene rings is 1. The molecule has 0 aromatic heterocycles. The van der Waals surface area contributed by atoms with Gasteiger partial charge in [0.1, 0.15) is 0 Å². The number of nitrogens with zero attached hydrogens (tertiary/aromatic N) is 3. The monoisotopic (exact) mass is 341 g/mol. The van der Waals surface area contributed by atoms with Gasteiger partial charge in [-0.3, -0.25) is 4.99 Å². The third-order valence-electron chi connectivity index (χ3n) is 3.85. The topological polar surface area (TPSA) is 18.8 Å². The van der Waals surface area contributed by atoms with Gasteiger partial charge in [-0.25, -0.2) is 0 Å². The maximum Gasteiger partial charge on any atom is 0.201 e. The minimum Gasteiger partial charge on any atom is -0.339 e. The minimum absolute atomic E-state index is 0.496. The number of halogens is 2. The van der Waals surface area contributed by atoms with Crippen LogP contribution in [0.2, 0.25) is 5.02 Å². The first-order chi connectivity index (χ1) is 9.11. The first-order valence-corrected chi connectivity index (χ1v) is 7.83. The lowest BCUT2D eigenvalue weighted by atomic mass is 10.1. The van der Waals surface area contributed by atoms with Crippen molar-refractivity contribution in [1.82, 2.24) is 4.90 Å². The largest absolute Gasteiger partial charge is 0.339 e. The molecule has 0 amide bonds. The smallest absolute Gasteiger partial charge is 0.201 e. The van der Waals surface area contributed by atoms with Gasteiger partial charge in [0.2, 0.25) is 5.96 Å². The summed E-state index contributed by atoms with van der Waals surface area (Å²) in [5.41, 5.74) is 2.40. The van der Waals surface area contributed by atoms with Gasteiger partial charge < -0.3 is 9.80 Å². The fourth-order valence-corrected chi connectivity index (χ4v) is 4.12. The van der Waals surface area contributed by atoms with Gasteiger partial charge in [0.15, 0.2) is 0 Å². The highest BCUT2D eigenvalue weighted by Crippen LogP contribution is 2.38. The summed E-state index contributed by atoms with van der Waals surface area (Å²) in [7, 11) is 0. The molecule has 0 aliphatic carbocycles. The fourth-order valence-electron chi connectivity index (χ4n) is 2.97. The van der Waals surface area contributed by atoms with Gasteiger partial charge in [0.25, 0.3) is 0 Å². The molecular formula is C14H17BrClN3. The van der Waals surface area contributed by atoms with E-state index in [9.17, 15) is 0 Å². The van der Waals surface area contributed by atoms with Crippen LogP contribution in [0.4, 0.5) is 5.69 Å². The van der Waals surface area contributed by atoms with E-state index in [1.165, 1.54) is 11.3 Å². The molecule has 0 spiro atoms. The number of rotatable bonds is 2. The van der Waals surface area contributed by atoms with E-state index in [4.69, 9.17) is 11.6 Å². The Morgan fingerprint density at radius 3 is 2.95 bits per heavy atom. The molecule has 1 aromatic carbocycles. The summed E-state index contributed by atoms with van der Waals surface area (Å²) in [6.45, 7) is 7.37. The fraction of sp³-hybridized carbons (Fsp3) is 0.500. The van der Waals surface area contributed by atoms with Crippen LogP contribution >= 0.6 is 27.5 Å². The second kappa shape index (κ2) is 4.98. The van der Waals surface area contributed by atoms with E-state index in [2.05, 4.69) is 44.6 Å². The third kappa shape index (κ3) is 2.15. The summed E-state index contributed by atoms with van der Waals surface area (Å²) in [5.74, 6) is 1.12. The highest BCUT2D eigenvalue weighted by atomic mass is 79.9. The van der Waals surface area contributed by atoms with Crippen LogP contribution in [0.3, 0.4) is 0 Å². The maximum atomic E-state index is 6.12. The molecular weight excluding hydrogens is 326 g/mol. The van der Waals surface area contributed by atoms with Gasteiger partial charge in [-0.05, 0) is 47.0 Å². The molecule has 1 unspecified atom stereocenters. The molecule has 1 fully saturated rings. The van der Waals surface area contributed by atoms with Crippen molar-refractivity contribution in [2.24, 2.45) is 4.99 Å². The van der Waals surface area contributed by atoms with E-state index in [1.54, 1.807) is 0 Å². The maximum absolute atomic E-state index is 6.12. The van der Waals surface area contributed by atoms with Crippen molar-refractivity contribution < 1.29 is 0 Å². The molecule has 0 bridgehead atoms. The number of aryl methyl sites for hydroxylation is 1. The Morgan fingerprint density at radius 2 is 2.26 bits per heavy atom. The van der Waals surface area contributed by atoms with Gasteiger partial charge in [0, 0.05) is 22.6 Å². The lowest BCUT2D eigenvalue weighted by Crippen LogP contribution is -2.35. The molecule has 3 rings (SSSR count). The number of hydrogen-bond acceptors (Lipinski definition) is 3. The normalized spacial score (nSPS) is 21.9. The van der Waals surface area contributed by atoms with Crippen molar-refractivity contribution in [3.05, 3.63) is 27.2 Å². The van der Waals surface area contributed by atoms with Crippen LogP contribution < -0.4 is 4.90 Å². The zero-order valence-corrected chi connectivity index (χ0v) is 13.5. The molecule has 2 aliphatic rings. The highest BCUT2D eigenvalue weighted by Gasteiger charge is 2.38. The van der Waals surface area contributed by atoms with Crippen molar-refractivity contribution >= 4 is 39.2 Å². The molecule has 1 saturated heterocycles. The first kappa shape index (κ1) is 13.3. The SMILES string of the molecule is CCC1CN2CCN=C2N1c1c(C)cc(Cl)cc1Br. The van der Waals surface area contributed by atoms with Crippen LogP contribution in [0.5, 0.6) is 0 Å². The molecule has 102 valence electrons. The van der Waals surface area contributed by atoms with E-state index in [-0.39, 0.29) is 0 Å². The van der Waals surface area contributed by atoms with Gasteiger partial charge in [-0.1, -0.05) is 18.5 Å². The Balaban J connectivity index is 2.09. The lowest BCUT2D eigenvalue weighted by molar-refractivity contribution is 0.458. The highest BCUT2D eigenvalue weighted by molar-refractivity contribution is 9.10. The summed E-state index contributed by atoms with van der Waals surface area (Å²) in [6.07, 6.45) is 1.12. The number of fused-ring (bicyclic) bond motifs is 1. The van der Waals surface area contributed by atoms with Crippen LogP contribution in [-0.2, 0) is 0 Å². The van der Waals surface area contributed by atoms with Crippen LogP contribution in [0, 0.1) is 6.92 Å². The molecule has 0 N–H and O–H groups in total. The quantitative estimate of drug-likeness (QED) is 0.816. The predicted octanol–water partition coefficient (Wildman–Crippen LogP) is 3.68. The van der Waals surface area contributed by atoms with Crippen molar-refractivity contribution in [2.45, 2.75) is 26.3 Å². The summed E-state index contributed by atoms with van der Waals surface area (Å²) in [4.78, 5) is 9.43. The number of anilines is 1.